The van der Waals surface area contributed by atoms with Crippen LogP contribution in [0.25, 0.3) is 27.4 Å². The first-order chi connectivity index (χ1) is 18.3. The van der Waals surface area contributed by atoms with E-state index in [2.05, 4.69) is 13.8 Å². The number of sulfonamides is 1. The lowest BCUT2D eigenvalue weighted by atomic mass is 10.1. The zero-order valence-electron chi connectivity index (χ0n) is 21.8. The standard InChI is InChI=1S/C31H31N3O3S/c1-22(2)20-21-33(38(36,37)29-19-11-13-24-12-7-8-16-26(24)29)23(3)30-32-28-18-10-9-17-27(28)31(35)34(30)25-14-5-4-6-15-25/h4-19,22-23H,20-21H2,1-3H3. The molecule has 5 rings (SSSR count). The van der Waals surface area contributed by atoms with Crippen molar-refractivity contribution in [1.29, 1.82) is 0 Å². The maximum Gasteiger partial charge on any atom is 0.266 e. The van der Waals surface area contributed by atoms with E-state index in [-0.39, 0.29) is 16.4 Å². The van der Waals surface area contributed by atoms with Crippen molar-refractivity contribution in [2.75, 3.05) is 6.54 Å². The van der Waals surface area contributed by atoms with Gasteiger partial charge in [-0.05, 0) is 55.0 Å². The molecule has 5 aromatic rings. The van der Waals surface area contributed by atoms with Crippen LogP contribution < -0.4 is 5.56 Å². The fourth-order valence-corrected chi connectivity index (χ4v) is 6.66. The van der Waals surface area contributed by atoms with Gasteiger partial charge in [0.1, 0.15) is 5.82 Å². The highest BCUT2D eigenvalue weighted by Crippen LogP contribution is 2.32. The van der Waals surface area contributed by atoms with Crippen LogP contribution in [0.3, 0.4) is 0 Å². The molecule has 0 amide bonds. The van der Waals surface area contributed by atoms with Crippen LogP contribution in [0.2, 0.25) is 0 Å². The molecule has 0 N–H and O–H groups in total. The van der Waals surface area contributed by atoms with Gasteiger partial charge in [-0.15, -0.1) is 0 Å². The van der Waals surface area contributed by atoms with E-state index in [1.807, 2.05) is 79.7 Å². The minimum absolute atomic E-state index is 0.227. The lowest BCUT2D eigenvalue weighted by molar-refractivity contribution is 0.309. The molecule has 194 valence electrons. The molecule has 0 saturated heterocycles. The fraction of sp³-hybridized carbons (Fsp3) is 0.226. The maximum absolute atomic E-state index is 14.4. The first-order valence-electron chi connectivity index (χ1n) is 12.9. The van der Waals surface area contributed by atoms with Crippen molar-refractivity contribution in [1.82, 2.24) is 13.9 Å². The second kappa shape index (κ2) is 10.5. The van der Waals surface area contributed by atoms with Crippen molar-refractivity contribution in [2.45, 2.75) is 38.1 Å². The van der Waals surface area contributed by atoms with Crippen LogP contribution in [0, 0.1) is 5.92 Å². The van der Waals surface area contributed by atoms with E-state index >= 15 is 0 Å². The highest BCUT2D eigenvalue weighted by molar-refractivity contribution is 7.89. The molecule has 0 aliphatic carbocycles. The summed E-state index contributed by atoms with van der Waals surface area (Å²) in [6.45, 7) is 6.25. The Morgan fingerprint density at radius 2 is 1.42 bits per heavy atom. The fourth-order valence-electron chi connectivity index (χ4n) is 4.84. The van der Waals surface area contributed by atoms with Crippen LogP contribution in [0.5, 0.6) is 0 Å². The van der Waals surface area contributed by atoms with Gasteiger partial charge in [-0.2, -0.15) is 4.31 Å². The number of benzene rings is 4. The minimum atomic E-state index is -3.96. The first kappa shape index (κ1) is 25.8. The zero-order chi connectivity index (χ0) is 26.9. The average molecular weight is 526 g/mol. The number of aromatic nitrogens is 2. The summed E-state index contributed by atoms with van der Waals surface area (Å²) < 4.78 is 31.8. The van der Waals surface area contributed by atoms with Gasteiger partial charge in [0.05, 0.1) is 27.5 Å². The lowest BCUT2D eigenvalue weighted by Gasteiger charge is -2.30. The van der Waals surface area contributed by atoms with Crippen molar-refractivity contribution in [3.63, 3.8) is 0 Å². The molecule has 0 saturated carbocycles. The topological polar surface area (TPSA) is 72.3 Å². The molecule has 1 unspecified atom stereocenters. The van der Waals surface area contributed by atoms with E-state index in [0.717, 1.165) is 5.39 Å². The third kappa shape index (κ3) is 4.75. The largest absolute Gasteiger partial charge is 0.268 e. The third-order valence-electron chi connectivity index (χ3n) is 6.88. The molecule has 1 atom stereocenters. The predicted molar refractivity (Wildman–Crippen MR) is 153 cm³/mol. The molecular weight excluding hydrogens is 494 g/mol. The Kier molecular flexibility index (Phi) is 7.15. The molecule has 0 radical (unpaired) electrons. The lowest BCUT2D eigenvalue weighted by Crippen LogP contribution is -2.38. The van der Waals surface area contributed by atoms with Gasteiger partial charge in [0.15, 0.2) is 0 Å². The van der Waals surface area contributed by atoms with Gasteiger partial charge < -0.3 is 0 Å². The number of hydrogen-bond donors (Lipinski definition) is 0. The number of nitrogens with zero attached hydrogens (tertiary/aromatic N) is 3. The van der Waals surface area contributed by atoms with Crippen molar-refractivity contribution in [3.05, 3.63) is 113 Å². The van der Waals surface area contributed by atoms with Crippen molar-refractivity contribution in [3.8, 4) is 5.69 Å². The van der Waals surface area contributed by atoms with E-state index in [9.17, 15) is 13.2 Å². The van der Waals surface area contributed by atoms with Gasteiger partial charge in [0, 0.05) is 11.9 Å². The van der Waals surface area contributed by atoms with Crippen LogP contribution in [0.4, 0.5) is 0 Å². The summed E-state index contributed by atoms with van der Waals surface area (Å²) >= 11 is 0. The smallest absolute Gasteiger partial charge is 0.266 e. The molecule has 0 aliphatic heterocycles. The Morgan fingerprint density at radius 1 is 0.789 bits per heavy atom. The molecule has 1 aromatic heterocycles. The van der Waals surface area contributed by atoms with Gasteiger partial charge in [-0.1, -0.05) is 80.6 Å². The van der Waals surface area contributed by atoms with Crippen LogP contribution >= 0.6 is 0 Å². The predicted octanol–water partition coefficient (Wildman–Crippen LogP) is 6.34. The van der Waals surface area contributed by atoms with Crippen molar-refractivity contribution < 1.29 is 8.42 Å². The molecule has 38 heavy (non-hydrogen) atoms. The van der Waals surface area contributed by atoms with E-state index < -0.39 is 16.1 Å². The van der Waals surface area contributed by atoms with Gasteiger partial charge in [-0.25, -0.2) is 13.4 Å². The van der Waals surface area contributed by atoms with Gasteiger partial charge in [0.25, 0.3) is 5.56 Å². The van der Waals surface area contributed by atoms with E-state index in [4.69, 9.17) is 4.98 Å². The van der Waals surface area contributed by atoms with Gasteiger partial charge in [0.2, 0.25) is 10.0 Å². The van der Waals surface area contributed by atoms with Crippen LogP contribution in [-0.2, 0) is 10.0 Å². The summed E-state index contributed by atoms with van der Waals surface area (Å²) in [7, 11) is -3.96. The first-order valence-corrected chi connectivity index (χ1v) is 14.3. The second-order valence-corrected chi connectivity index (χ2v) is 11.8. The normalized spacial score (nSPS) is 13.0. The molecule has 6 nitrogen and oxygen atoms in total. The van der Waals surface area contributed by atoms with Crippen molar-refractivity contribution in [2.24, 2.45) is 5.92 Å². The Bertz CT molecular complexity index is 1760. The molecule has 0 aliphatic rings. The van der Waals surface area contributed by atoms with E-state index in [1.54, 1.807) is 28.8 Å². The summed E-state index contributed by atoms with van der Waals surface area (Å²) in [5.74, 6) is 0.667. The van der Waals surface area contributed by atoms with Crippen LogP contribution in [0.15, 0.2) is 107 Å². The van der Waals surface area contributed by atoms with E-state index in [0.29, 0.717) is 40.8 Å². The summed E-state index contributed by atoms with van der Waals surface area (Å²) in [4.78, 5) is 18.9. The molecule has 7 heteroatoms. The Balaban J connectivity index is 1.74. The molecule has 0 fully saturated rings. The minimum Gasteiger partial charge on any atom is -0.268 e. The van der Waals surface area contributed by atoms with Gasteiger partial charge in [-0.3, -0.25) is 9.36 Å². The second-order valence-electron chi connectivity index (χ2n) is 9.91. The monoisotopic (exact) mass is 525 g/mol. The summed E-state index contributed by atoms with van der Waals surface area (Å²) in [6, 6.07) is 28.6. The highest BCUT2D eigenvalue weighted by atomic mass is 32.2. The Labute approximate surface area is 223 Å². The SMILES string of the molecule is CC(C)CCN(C(C)c1nc2ccccc2c(=O)n1-c1ccccc1)S(=O)(=O)c1cccc2ccccc12. The summed E-state index contributed by atoms with van der Waals surface area (Å²) in [5.41, 5.74) is 0.955. The summed E-state index contributed by atoms with van der Waals surface area (Å²) in [5, 5.41) is 2.01. The molecule has 1 heterocycles. The molecule has 0 spiro atoms. The third-order valence-corrected chi connectivity index (χ3v) is 8.91. The summed E-state index contributed by atoms with van der Waals surface area (Å²) in [6.07, 6.45) is 0.664. The average Bonchev–Trinajstić information content (AvgIpc) is 2.92. The van der Waals surface area contributed by atoms with E-state index in [1.165, 1.54) is 4.31 Å². The quantitative estimate of drug-likeness (QED) is 0.237. The number of fused-ring (bicyclic) bond motifs is 2. The molecule has 4 aromatic carbocycles. The van der Waals surface area contributed by atoms with Crippen LogP contribution in [-0.4, -0.2) is 28.8 Å². The van der Waals surface area contributed by atoms with Crippen molar-refractivity contribution >= 4 is 31.7 Å². The maximum atomic E-state index is 14.4. The Hall–Kier alpha value is -3.81. The zero-order valence-corrected chi connectivity index (χ0v) is 22.6. The number of hydrogen-bond acceptors (Lipinski definition) is 4. The Morgan fingerprint density at radius 3 is 2.16 bits per heavy atom. The highest BCUT2D eigenvalue weighted by Gasteiger charge is 2.34. The number of rotatable bonds is 8. The van der Waals surface area contributed by atoms with Gasteiger partial charge >= 0.3 is 0 Å². The molecule has 0 bridgehead atoms. The van der Waals surface area contributed by atoms with Crippen LogP contribution in [0.1, 0.15) is 39.1 Å². The molecular formula is C31H31N3O3S. The number of para-hydroxylation sites is 2.